The molecule has 0 aliphatic rings. The van der Waals surface area contributed by atoms with Crippen molar-refractivity contribution in [1.29, 1.82) is 0 Å². The number of rotatable bonds is 9. The van der Waals surface area contributed by atoms with E-state index in [4.69, 9.17) is 0 Å². The lowest BCUT2D eigenvalue weighted by Gasteiger charge is -2.03. The van der Waals surface area contributed by atoms with Crippen LogP contribution in [0.4, 0.5) is 0 Å². The van der Waals surface area contributed by atoms with Gasteiger partial charge in [-0.2, -0.15) is 0 Å². The van der Waals surface area contributed by atoms with E-state index in [1.54, 1.807) is 5.57 Å². The SMILES string of the molecule is CC/C(C)=C\CC/C=C(\CC)CC/C=C(/C)CC. The highest BCUT2D eigenvalue weighted by atomic mass is 14.0. The maximum absolute atomic E-state index is 2.45. The molecule has 18 heavy (non-hydrogen) atoms. The zero-order chi connectivity index (χ0) is 13.8. The number of hydrogen-bond donors (Lipinski definition) is 0. The molecule has 0 aromatic heterocycles. The summed E-state index contributed by atoms with van der Waals surface area (Å²) in [5.74, 6) is 0. The minimum Gasteiger partial charge on any atom is -0.0853 e. The highest BCUT2D eigenvalue weighted by Gasteiger charge is 1.94. The molecule has 0 amide bonds. The zero-order valence-corrected chi connectivity index (χ0v) is 13.2. The Morgan fingerprint density at radius 3 is 1.67 bits per heavy atom. The highest BCUT2D eigenvalue weighted by Crippen LogP contribution is 2.14. The summed E-state index contributed by atoms with van der Waals surface area (Å²) in [5, 5.41) is 0. The summed E-state index contributed by atoms with van der Waals surface area (Å²) in [6.07, 6.45) is 15.7. The molecule has 0 aliphatic carbocycles. The molecule has 0 saturated heterocycles. The van der Waals surface area contributed by atoms with Crippen LogP contribution in [0.25, 0.3) is 0 Å². The van der Waals surface area contributed by atoms with Crippen molar-refractivity contribution in [3.05, 3.63) is 34.9 Å². The van der Waals surface area contributed by atoms with Gasteiger partial charge in [0, 0.05) is 0 Å². The molecule has 0 aliphatic heterocycles. The predicted octanol–water partition coefficient (Wildman–Crippen LogP) is 6.60. The van der Waals surface area contributed by atoms with Gasteiger partial charge >= 0.3 is 0 Å². The first-order valence-electron chi connectivity index (χ1n) is 7.63. The van der Waals surface area contributed by atoms with Crippen molar-refractivity contribution in [2.75, 3.05) is 0 Å². The van der Waals surface area contributed by atoms with Gasteiger partial charge in [0.1, 0.15) is 0 Å². The molecule has 0 nitrogen and oxygen atoms in total. The molecule has 0 radical (unpaired) electrons. The summed E-state index contributed by atoms with van der Waals surface area (Å²) < 4.78 is 0. The molecule has 0 spiro atoms. The molecule has 0 atom stereocenters. The van der Waals surface area contributed by atoms with Crippen molar-refractivity contribution in [2.24, 2.45) is 0 Å². The topological polar surface area (TPSA) is 0 Å². The summed E-state index contributed by atoms with van der Waals surface area (Å²) in [6.45, 7) is 11.2. The summed E-state index contributed by atoms with van der Waals surface area (Å²) >= 11 is 0. The number of allylic oxidation sites excluding steroid dienone is 6. The second-order valence-corrected chi connectivity index (χ2v) is 5.14. The van der Waals surface area contributed by atoms with E-state index in [1.165, 1.54) is 56.1 Å². The Hall–Kier alpha value is -0.780. The van der Waals surface area contributed by atoms with Crippen LogP contribution < -0.4 is 0 Å². The van der Waals surface area contributed by atoms with Crippen LogP contribution in [0.5, 0.6) is 0 Å². The van der Waals surface area contributed by atoms with Crippen LogP contribution >= 0.6 is 0 Å². The minimum atomic E-state index is 1.19. The van der Waals surface area contributed by atoms with Crippen LogP contribution in [0.15, 0.2) is 34.9 Å². The summed E-state index contributed by atoms with van der Waals surface area (Å²) in [5.41, 5.74) is 4.66. The molecule has 0 bridgehead atoms. The molecule has 0 saturated carbocycles. The summed E-state index contributed by atoms with van der Waals surface area (Å²) in [4.78, 5) is 0. The Bertz CT molecular complexity index is 289. The first kappa shape index (κ1) is 17.2. The van der Waals surface area contributed by atoms with Gasteiger partial charge in [-0.05, 0) is 58.8 Å². The van der Waals surface area contributed by atoms with E-state index >= 15 is 0 Å². The molecule has 0 aromatic carbocycles. The van der Waals surface area contributed by atoms with Gasteiger partial charge in [0.2, 0.25) is 0 Å². The summed E-state index contributed by atoms with van der Waals surface area (Å²) in [7, 11) is 0. The van der Waals surface area contributed by atoms with Gasteiger partial charge in [0.05, 0.1) is 0 Å². The first-order chi connectivity index (χ1) is 8.63. The van der Waals surface area contributed by atoms with E-state index in [9.17, 15) is 0 Å². The minimum absolute atomic E-state index is 1.19. The fourth-order valence-corrected chi connectivity index (χ4v) is 1.83. The molecule has 0 rings (SSSR count). The summed E-state index contributed by atoms with van der Waals surface area (Å²) in [6, 6.07) is 0. The third-order valence-corrected chi connectivity index (χ3v) is 3.62. The fraction of sp³-hybridized carbons (Fsp3) is 0.667. The molecule has 0 heteroatoms. The van der Waals surface area contributed by atoms with Crippen LogP contribution in [0, 0.1) is 0 Å². The van der Waals surface area contributed by atoms with Gasteiger partial charge < -0.3 is 0 Å². The highest BCUT2D eigenvalue weighted by molar-refractivity contribution is 5.06. The van der Waals surface area contributed by atoms with Crippen LogP contribution in [0.2, 0.25) is 0 Å². The zero-order valence-electron chi connectivity index (χ0n) is 13.2. The van der Waals surface area contributed by atoms with E-state index in [0.29, 0.717) is 0 Å². The number of unbranched alkanes of at least 4 members (excludes halogenated alkanes) is 1. The normalized spacial score (nSPS) is 14.2. The Kier molecular flexibility index (Phi) is 10.8. The van der Waals surface area contributed by atoms with Gasteiger partial charge in [0.25, 0.3) is 0 Å². The second kappa shape index (κ2) is 11.3. The first-order valence-corrected chi connectivity index (χ1v) is 7.63. The molecule has 0 unspecified atom stereocenters. The predicted molar refractivity (Wildman–Crippen MR) is 84.9 cm³/mol. The van der Waals surface area contributed by atoms with Crippen molar-refractivity contribution in [2.45, 2.75) is 79.6 Å². The van der Waals surface area contributed by atoms with Crippen LogP contribution in [-0.4, -0.2) is 0 Å². The van der Waals surface area contributed by atoms with E-state index in [2.05, 4.69) is 52.8 Å². The quantitative estimate of drug-likeness (QED) is 0.319. The molecule has 0 fully saturated rings. The molecular formula is C18H32. The van der Waals surface area contributed by atoms with Gasteiger partial charge in [0.15, 0.2) is 0 Å². The van der Waals surface area contributed by atoms with E-state index in [1.807, 2.05) is 0 Å². The fourth-order valence-electron chi connectivity index (χ4n) is 1.83. The average Bonchev–Trinajstić information content (AvgIpc) is 2.40. The molecular weight excluding hydrogens is 216 g/mol. The Morgan fingerprint density at radius 1 is 0.667 bits per heavy atom. The van der Waals surface area contributed by atoms with E-state index in [-0.39, 0.29) is 0 Å². The molecule has 0 N–H and O–H groups in total. The Morgan fingerprint density at radius 2 is 1.17 bits per heavy atom. The van der Waals surface area contributed by atoms with Crippen molar-refractivity contribution in [3.63, 3.8) is 0 Å². The molecule has 0 aromatic rings. The lowest BCUT2D eigenvalue weighted by Crippen LogP contribution is -1.83. The van der Waals surface area contributed by atoms with Crippen molar-refractivity contribution < 1.29 is 0 Å². The molecule has 0 heterocycles. The monoisotopic (exact) mass is 248 g/mol. The van der Waals surface area contributed by atoms with Crippen molar-refractivity contribution in [1.82, 2.24) is 0 Å². The smallest absolute Gasteiger partial charge is 0.0286 e. The Labute approximate surface area is 115 Å². The van der Waals surface area contributed by atoms with Crippen LogP contribution in [0.1, 0.15) is 79.6 Å². The maximum atomic E-state index is 2.45. The maximum Gasteiger partial charge on any atom is -0.0286 e. The van der Waals surface area contributed by atoms with Crippen molar-refractivity contribution in [3.8, 4) is 0 Å². The van der Waals surface area contributed by atoms with Crippen LogP contribution in [-0.2, 0) is 0 Å². The standard InChI is InChI=1S/C18H32/c1-6-16(4)12-9-10-14-18(8-3)15-11-13-17(5)7-2/h12-14H,6-11,15H2,1-5H3/b16-12-,17-13-,18-14+. The van der Waals surface area contributed by atoms with Gasteiger partial charge in [-0.25, -0.2) is 0 Å². The lowest BCUT2D eigenvalue weighted by atomic mass is 10.0. The second-order valence-electron chi connectivity index (χ2n) is 5.14. The molecule has 104 valence electrons. The van der Waals surface area contributed by atoms with E-state index < -0.39 is 0 Å². The number of hydrogen-bond acceptors (Lipinski definition) is 0. The van der Waals surface area contributed by atoms with Gasteiger partial charge in [-0.15, -0.1) is 0 Å². The van der Waals surface area contributed by atoms with Crippen molar-refractivity contribution >= 4 is 0 Å². The van der Waals surface area contributed by atoms with Gasteiger partial charge in [-0.3, -0.25) is 0 Å². The van der Waals surface area contributed by atoms with E-state index in [0.717, 1.165) is 0 Å². The third-order valence-electron chi connectivity index (χ3n) is 3.62. The lowest BCUT2D eigenvalue weighted by molar-refractivity contribution is 0.873. The average molecular weight is 248 g/mol. The third kappa shape index (κ3) is 9.27. The van der Waals surface area contributed by atoms with Crippen LogP contribution in [0.3, 0.4) is 0 Å². The van der Waals surface area contributed by atoms with Gasteiger partial charge in [-0.1, -0.05) is 55.7 Å². The Balaban J connectivity index is 4.01. The largest absolute Gasteiger partial charge is 0.0853 e.